The van der Waals surface area contributed by atoms with E-state index in [2.05, 4.69) is 0 Å². The van der Waals surface area contributed by atoms with Gasteiger partial charge < -0.3 is 10.0 Å². The van der Waals surface area contributed by atoms with E-state index in [1.807, 2.05) is 13.8 Å². The molecule has 1 aromatic rings. The lowest BCUT2D eigenvalue weighted by molar-refractivity contribution is -0.139. The molecule has 0 spiro atoms. The first-order chi connectivity index (χ1) is 9.90. The van der Waals surface area contributed by atoms with Crippen LogP contribution in [0.5, 0.6) is 0 Å². The third kappa shape index (κ3) is 6.62. The molecular weight excluding hydrogens is 293 g/mol. The normalized spacial score (nSPS) is 10.7. The third-order valence-electron chi connectivity index (χ3n) is 2.91. The van der Waals surface area contributed by atoms with Crippen molar-refractivity contribution in [2.45, 2.75) is 37.6 Å². The van der Waals surface area contributed by atoms with Crippen LogP contribution in [0.4, 0.5) is 4.39 Å². The smallest absolute Gasteiger partial charge is 0.305 e. The van der Waals surface area contributed by atoms with Crippen molar-refractivity contribution in [1.29, 1.82) is 0 Å². The molecule has 6 heteroatoms. The number of carboxylic acid groups (broad SMARTS) is 1. The fraction of sp³-hybridized carbons (Fsp3) is 0.467. The zero-order valence-corrected chi connectivity index (χ0v) is 13.0. The predicted molar refractivity (Wildman–Crippen MR) is 80.8 cm³/mol. The van der Waals surface area contributed by atoms with Gasteiger partial charge in [-0.15, -0.1) is 11.8 Å². The molecule has 1 amide bonds. The van der Waals surface area contributed by atoms with Crippen molar-refractivity contribution in [2.75, 3.05) is 12.3 Å². The van der Waals surface area contributed by atoms with E-state index in [0.717, 1.165) is 4.90 Å². The van der Waals surface area contributed by atoms with Crippen LogP contribution in [0.1, 0.15) is 26.7 Å². The maximum absolute atomic E-state index is 12.8. The standard InChI is InChI=1S/C15H20FNO3S/c1-11(2)17(9-7-15(19)20)14(18)8-10-21-13-5-3-12(16)4-6-13/h3-6,11H,7-10H2,1-2H3,(H,19,20). The molecule has 0 heterocycles. The Bertz CT molecular complexity index is 476. The quantitative estimate of drug-likeness (QED) is 0.750. The number of aliphatic carboxylic acids is 1. The van der Waals surface area contributed by atoms with Gasteiger partial charge in [0.15, 0.2) is 0 Å². The lowest BCUT2D eigenvalue weighted by atomic mass is 10.2. The summed E-state index contributed by atoms with van der Waals surface area (Å²) in [5, 5.41) is 8.70. The van der Waals surface area contributed by atoms with Crippen LogP contribution < -0.4 is 0 Å². The first kappa shape index (κ1) is 17.5. The molecule has 0 atom stereocenters. The number of halogens is 1. The highest BCUT2D eigenvalue weighted by Gasteiger charge is 2.17. The number of rotatable bonds is 8. The molecule has 0 fully saturated rings. The maximum Gasteiger partial charge on any atom is 0.305 e. The molecule has 0 saturated heterocycles. The summed E-state index contributed by atoms with van der Waals surface area (Å²) >= 11 is 1.48. The summed E-state index contributed by atoms with van der Waals surface area (Å²) in [4.78, 5) is 25.2. The molecule has 0 aliphatic carbocycles. The SMILES string of the molecule is CC(C)N(CCC(=O)O)C(=O)CCSc1ccc(F)cc1. The largest absolute Gasteiger partial charge is 0.481 e. The van der Waals surface area contributed by atoms with E-state index < -0.39 is 5.97 Å². The van der Waals surface area contributed by atoms with Gasteiger partial charge >= 0.3 is 5.97 Å². The average Bonchev–Trinajstić information content (AvgIpc) is 2.40. The number of thioether (sulfide) groups is 1. The maximum atomic E-state index is 12.8. The molecule has 0 saturated carbocycles. The van der Waals surface area contributed by atoms with E-state index in [4.69, 9.17) is 5.11 Å². The summed E-state index contributed by atoms with van der Waals surface area (Å²) in [7, 11) is 0. The topological polar surface area (TPSA) is 57.6 Å². The van der Waals surface area contributed by atoms with Gasteiger partial charge in [-0.3, -0.25) is 9.59 Å². The number of nitrogens with zero attached hydrogens (tertiary/aromatic N) is 1. The number of carbonyl (C=O) groups is 2. The zero-order chi connectivity index (χ0) is 15.8. The lowest BCUT2D eigenvalue weighted by Crippen LogP contribution is -2.38. The van der Waals surface area contributed by atoms with Gasteiger partial charge in [0.05, 0.1) is 6.42 Å². The van der Waals surface area contributed by atoms with Crippen molar-refractivity contribution >= 4 is 23.6 Å². The van der Waals surface area contributed by atoms with Crippen LogP contribution >= 0.6 is 11.8 Å². The van der Waals surface area contributed by atoms with Crippen LogP contribution in [0.2, 0.25) is 0 Å². The second-order valence-electron chi connectivity index (χ2n) is 4.88. The van der Waals surface area contributed by atoms with E-state index >= 15 is 0 Å². The van der Waals surface area contributed by atoms with Crippen molar-refractivity contribution in [3.8, 4) is 0 Å². The van der Waals surface area contributed by atoms with Gasteiger partial charge in [-0.05, 0) is 38.1 Å². The summed E-state index contributed by atoms with van der Waals surface area (Å²) in [5.74, 6) is -0.661. The van der Waals surface area contributed by atoms with E-state index in [0.29, 0.717) is 12.2 Å². The Hall–Kier alpha value is -1.56. The minimum absolute atomic E-state index is 0.0207. The molecule has 116 valence electrons. The Balaban J connectivity index is 2.42. The lowest BCUT2D eigenvalue weighted by Gasteiger charge is -2.26. The monoisotopic (exact) mass is 313 g/mol. The van der Waals surface area contributed by atoms with Crippen LogP contribution in [-0.4, -0.2) is 40.2 Å². The van der Waals surface area contributed by atoms with Crippen LogP contribution in [0.15, 0.2) is 29.2 Å². The molecule has 1 N–H and O–H groups in total. The summed E-state index contributed by atoms with van der Waals surface area (Å²) < 4.78 is 12.8. The predicted octanol–water partition coefficient (Wildman–Crippen LogP) is 3.02. The molecule has 1 aromatic carbocycles. The first-order valence-corrected chi connectivity index (χ1v) is 7.78. The zero-order valence-electron chi connectivity index (χ0n) is 12.2. The van der Waals surface area contributed by atoms with E-state index in [1.165, 1.54) is 23.9 Å². The molecule has 0 aliphatic heterocycles. The highest BCUT2D eigenvalue weighted by atomic mass is 32.2. The third-order valence-corrected chi connectivity index (χ3v) is 3.92. The molecule has 1 rings (SSSR count). The van der Waals surface area contributed by atoms with Crippen molar-refractivity contribution in [2.24, 2.45) is 0 Å². The Labute approximate surface area is 128 Å². The minimum atomic E-state index is -0.908. The highest BCUT2D eigenvalue weighted by molar-refractivity contribution is 7.99. The van der Waals surface area contributed by atoms with E-state index in [1.54, 1.807) is 17.0 Å². The number of benzene rings is 1. The molecule has 0 radical (unpaired) electrons. The fourth-order valence-corrected chi connectivity index (χ4v) is 2.66. The number of hydrogen-bond donors (Lipinski definition) is 1. The van der Waals surface area contributed by atoms with E-state index in [-0.39, 0.29) is 30.7 Å². The summed E-state index contributed by atoms with van der Waals surface area (Å²) in [6.07, 6.45) is 0.287. The van der Waals surface area contributed by atoms with E-state index in [9.17, 15) is 14.0 Å². The van der Waals surface area contributed by atoms with Crippen LogP contribution in [0.25, 0.3) is 0 Å². The van der Waals surface area contributed by atoms with Crippen LogP contribution in [0, 0.1) is 5.82 Å². The summed E-state index contributed by atoms with van der Waals surface area (Å²) in [6.45, 7) is 3.97. The molecule has 0 bridgehead atoms. The van der Waals surface area contributed by atoms with Gasteiger partial charge in [-0.2, -0.15) is 0 Å². The van der Waals surface area contributed by atoms with Crippen molar-refractivity contribution in [3.05, 3.63) is 30.1 Å². The molecule has 0 unspecified atom stereocenters. The van der Waals surface area contributed by atoms with Gasteiger partial charge in [0.1, 0.15) is 5.82 Å². The van der Waals surface area contributed by atoms with Gasteiger partial charge in [-0.25, -0.2) is 4.39 Å². The van der Waals surface area contributed by atoms with Gasteiger partial charge in [-0.1, -0.05) is 0 Å². The summed E-state index contributed by atoms with van der Waals surface area (Å²) in [5.41, 5.74) is 0. The number of carboxylic acids is 1. The Morgan fingerprint density at radius 2 is 1.86 bits per heavy atom. The number of amides is 1. The molecule has 0 aliphatic rings. The van der Waals surface area contributed by atoms with Crippen LogP contribution in [-0.2, 0) is 9.59 Å². The van der Waals surface area contributed by atoms with Crippen molar-refractivity contribution in [3.63, 3.8) is 0 Å². The number of hydrogen-bond acceptors (Lipinski definition) is 3. The van der Waals surface area contributed by atoms with Gasteiger partial charge in [0.25, 0.3) is 0 Å². The van der Waals surface area contributed by atoms with Crippen LogP contribution in [0.3, 0.4) is 0 Å². The van der Waals surface area contributed by atoms with Crippen molar-refractivity contribution < 1.29 is 19.1 Å². The number of carbonyl (C=O) groups excluding carboxylic acids is 1. The minimum Gasteiger partial charge on any atom is -0.481 e. The molecule has 21 heavy (non-hydrogen) atoms. The Kier molecular flexibility index (Phi) is 7.22. The molecular formula is C15H20FNO3S. The average molecular weight is 313 g/mol. The van der Waals surface area contributed by atoms with Gasteiger partial charge in [0, 0.05) is 29.7 Å². The molecule has 0 aromatic heterocycles. The summed E-state index contributed by atoms with van der Waals surface area (Å²) in [6, 6.07) is 6.10. The highest BCUT2D eigenvalue weighted by Crippen LogP contribution is 2.19. The second-order valence-corrected chi connectivity index (χ2v) is 6.05. The molecule has 4 nitrogen and oxygen atoms in total. The second kappa shape index (κ2) is 8.67. The Morgan fingerprint density at radius 1 is 1.24 bits per heavy atom. The fourth-order valence-electron chi connectivity index (χ4n) is 1.82. The Morgan fingerprint density at radius 3 is 2.38 bits per heavy atom. The first-order valence-electron chi connectivity index (χ1n) is 6.79. The van der Waals surface area contributed by atoms with Crippen molar-refractivity contribution in [1.82, 2.24) is 4.90 Å². The van der Waals surface area contributed by atoms with Gasteiger partial charge in [0.2, 0.25) is 5.91 Å².